The molecular weight excluding hydrogens is 499 g/mol. The highest BCUT2D eigenvalue weighted by Gasteiger charge is 2.34. The van der Waals surface area contributed by atoms with Crippen molar-refractivity contribution in [3.05, 3.63) is 76.2 Å². The molecule has 0 radical (unpaired) electrons. The number of piperidine rings is 1. The molecule has 3 aromatic rings. The van der Waals surface area contributed by atoms with Gasteiger partial charge in [-0.15, -0.1) is 0 Å². The lowest BCUT2D eigenvalue weighted by Gasteiger charge is -2.34. The molecule has 2 aliphatic rings. The Balaban J connectivity index is 1.42. The number of fused-ring (bicyclic) bond motifs is 1. The number of halogens is 2. The number of aryl methyl sites for hydroxylation is 1. The van der Waals surface area contributed by atoms with Gasteiger partial charge in [0.05, 0.1) is 28.1 Å². The van der Waals surface area contributed by atoms with Gasteiger partial charge in [-0.05, 0) is 68.0 Å². The molecule has 6 nitrogen and oxygen atoms in total. The molecule has 5 rings (SSSR count). The molecule has 0 aliphatic carbocycles. The lowest BCUT2D eigenvalue weighted by Crippen LogP contribution is -2.36. The molecule has 2 aliphatic heterocycles. The van der Waals surface area contributed by atoms with Crippen LogP contribution in [0.4, 0.5) is 16.2 Å². The predicted molar refractivity (Wildman–Crippen MR) is 142 cm³/mol. The first kappa shape index (κ1) is 25.1. The SMILES string of the molecule is CC(C)(O)[C@H](Nc1nc(N2CCC(c3ccc(Cl)cc3)CC2)nc2c1S(=O)CC2)c1ccc(F)cc1. The van der Waals surface area contributed by atoms with Crippen molar-refractivity contribution in [1.82, 2.24) is 9.97 Å². The summed E-state index contributed by atoms with van der Waals surface area (Å²) in [6.45, 7) is 4.99. The Hall–Kier alpha value is -2.55. The highest BCUT2D eigenvalue weighted by molar-refractivity contribution is 7.85. The number of benzene rings is 2. The summed E-state index contributed by atoms with van der Waals surface area (Å²) in [7, 11) is -1.22. The fourth-order valence-electron chi connectivity index (χ4n) is 5.03. The number of hydrogen-bond donors (Lipinski definition) is 2. The smallest absolute Gasteiger partial charge is 0.227 e. The van der Waals surface area contributed by atoms with E-state index in [1.165, 1.54) is 17.7 Å². The quantitative estimate of drug-likeness (QED) is 0.455. The molecule has 1 fully saturated rings. The summed E-state index contributed by atoms with van der Waals surface area (Å²) in [5, 5.41) is 15.0. The van der Waals surface area contributed by atoms with Gasteiger partial charge in [-0.3, -0.25) is 4.21 Å². The maximum Gasteiger partial charge on any atom is 0.227 e. The van der Waals surface area contributed by atoms with Gasteiger partial charge >= 0.3 is 0 Å². The molecule has 1 saturated heterocycles. The lowest BCUT2D eigenvalue weighted by atomic mass is 9.89. The Bertz CT molecular complexity index is 1260. The topological polar surface area (TPSA) is 78.3 Å². The van der Waals surface area contributed by atoms with Crippen LogP contribution >= 0.6 is 11.6 Å². The van der Waals surface area contributed by atoms with Gasteiger partial charge in [0.15, 0.2) is 0 Å². The Kier molecular flexibility index (Phi) is 7.03. The minimum Gasteiger partial charge on any atom is -0.388 e. The average Bonchev–Trinajstić information content (AvgIpc) is 3.24. The van der Waals surface area contributed by atoms with Crippen LogP contribution in [0.15, 0.2) is 53.4 Å². The lowest BCUT2D eigenvalue weighted by molar-refractivity contribution is 0.0586. The van der Waals surface area contributed by atoms with E-state index in [1.807, 2.05) is 12.1 Å². The van der Waals surface area contributed by atoms with Crippen LogP contribution in [0.1, 0.15) is 55.5 Å². The minimum absolute atomic E-state index is 0.346. The highest BCUT2D eigenvalue weighted by Crippen LogP contribution is 2.37. The standard InChI is InChI=1S/C27H30ClFN4O2S/c1-27(2,34)24(19-5-9-21(29)10-6-19)31-25-23-22(13-16-36(23)35)30-26(32-25)33-14-11-18(12-15-33)17-3-7-20(28)8-4-17/h3-10,18,24,34H,11-16H2,1-2H3,(H,30,31,32)/t24-,36?/m1/s1. The molecule has 1 unspecified atom stereocenters. The van der Waals surface area contributed by atoms with Crippen molar-refractivity contribution in [2.75, 3.05) is 29.1 Å². The summed E-state index contributed by atoms with van der Waals surface area (Å²) in [5.41, 5.74) is 1.60. The van der Waals surface area contributed by atoms with E-state index >= 15 is 0 Å². The monoisotopic (exact) mass is 528 g/mol. The van der Waals surface area contributed by atoms with Crippen molar-refractivity contribution in [1.29, 1.82) is 0 Å². The number of aromatic nitrogens is 2. The first-order valence-corrected chi connectivity index (χ1v) is 13.9. The van der Waals surface area contributed by atoms with Crippen molar-refractivity contribution in [3.63, 3.8) is 0 Å². The first-order valence-electron chi connectivity index (χ1n) is 12.2. The summed E-state index contributed by atoms with van der Waals surface area (Å²) in [4.78, 5) is 12.4. The molecule has 190 valence electrons. The van der Waals surface area contributed by atoms with Gasteiger partial charge in [0.2, 0.25) is 5.95 Å². The van der Waals surface area contributed by atoms with E-state index in [0.717, 1.165) is 36.6 Å². The molecule has 2 aromatic carbocycles. The fourth-order valence-corrected chi connectivity index (χ4v) is 6.47. The Morgan fingerprint density at radius 2 is 1.78 bits per heavy atom. The third kappa shape index (κ3) is 5.26. The Morgan fingerprint density at radius 1 is 1.11 bits per heavy atom. The van der Waals surface area contributed by atoms with Gasteiger partial charge in [-0.2, -0.15) is 4.98 Å². The van der Waals surface area contributed by atoms with Crippen LogP contribution in [0.3, 0.4) is 0 Å². The number of anilines is 2. The number of nitrogens with one attached hydrogen (secondary N) is 1. The number of nitrogens with zero attached hydrogens (tertiary/aromatic N) is 3. The molecule has 0 saturated carbocycles. The fraction of sp³-hybridized carbons (Fsp3) is 0.407. The molecule has 36 heavy (non-hydrogen) atoms. The van der Waals surface area contributed by atoms with E-state index in [-0.39, 0.29) is 5.82 Å². The second kappa shape index (κ2) is 10.1. The van der Waals surface area contributed by atoms with Crippen LogP contribution in [0.2, 0.25) is 5.02 Å². The molecule has 2 N–H and O–H groups in total. The van der Waals surface area contributed by atoms with Crippen LogP contribution in [0, 0.1) is 5.82 Å². The van der Waals surface area contributed by atoms with Crippen molar-refractivity contribution >= 4 is 34.2 Å². The summed E-state index contributed by atoms with van der Waals surface area (Å²) >= 11 is 6.05. The van der Waals surface area contributed by atoms with Crippen LogP contribution < -0.4 is 10.2 Å². The molecule has 0 bridgehead atoms. The van der Waals surface area contributed by atoms with Gasteiger partial charge in [-0.1, -0.05) is 35.9 Å². The van der Waals surface area contributed by atoms with Gasteiger partial charge < -0.3 is 15.3 Å². The molecule has 0 amide bonds. The summed E-state index contributed by atoms with van der Waals surface area (Å²) in [6.07, 6.45) is 2.56. The maximum absolute atomic E-state index is 13.6. The van der Waals surface area contributed by atoms with E-state index < -0.39 is 22.4 Å². The molecular formula is C27H30ClFN4O2S. The third-order valence-electron chi connectivity index (χ3n) is 6.99. The van der Waals surface area contributed by atoms with E-state index in [1.54, 1.807) is 26.0 Å². The van der Waals surface area contributed by atoms with Crippen LogP contribution in [-0.4, -0.2) is 43.7 Å². The van der Waals surface area contributed by atoms with E-state index in [9.17, 15) is 13.7 Å². The molecule has 3 heterocycles. The largest absolute Gasteiger partial charge is 0.388 e. The minimum atomic E-state index is -1.22. The second-order valence-corrected chi connectivity index (χ2v) is 12.0. The molecule has 9 heteroatoms. The van der Waals surface area contributed by atoms with Crippen molar-refractivity contribution < 1.29 is 13.7 Å². The number of rotatable bonds is 6. The number of aliphatic hydroxyl groups is 1. The van der Waals surface area contributed by atoms with Gasteiger partial charge in [0, 0.05) is 30.3 Å². The van der Waals surface area contributed by atoms with Crippen molar-refractivity contribution in [2.24, 2.45) is 0 Å². The van der Waals surface area contributed by atoms with Crippen molar-refractivity contribution in [2.45, 2.75) is 55.6 Å². The van der Waals surface area contributed by atoms with E-state index in [0.29, 0.717) is 40.3 Å². The first-order chi connectivity index (χ1) is 17.2. The average molecular weight is 529 g/mol. The zero-order valence-electron chi connectivity index (χ0n) is 20.4. The van der Waals surface area contributed by atoms with E-state index in [2.05, 4.69) is 22.3 Å². The van der Waals surface area contributed by atoms with Gasteiger partial charge in [0.25, 0.3) is 0 Å². The van der Waals surface area contributed by atoms with Crippen molar-refractivity contribution in [3.8, 4) is 0 Å². The zero-order valence-corrected chi connectivity index (χ0v) is 21.9. The Labute approximate surface area is 218 Å². The normalized spacial score (nSPS) is 19.2. The van der Waals surface area contributed by atoms with E-state index in [4.69, 9.17) is 21.6 Å². The van der Waals surface area contributed by atoms with Crippen LogP contribution in [-0.2, 0) is 17.2 Å². The second-order valence-electron chi connectivity index (χ2n) is 10.0. The van der Waals surface area contributed by atoms with Gasteiger partial charge in [-0.25, -0.2) is 9.37 Å². The molecule has 0 spiro atoms. The summed E-state index contributed by atoms with van der Waals surface area (Å²) < 4.78 is 26.4. The zero-order chi connectivity index (χ0) is 25.4. The summed E-state index contributed by atoms with van der Waals surface area (Å²) in [5.74, 6) is 1.70. The Morgan fingerprint density at radius 3 is 2.42 bits per heavy atom. The summed E-state index contributed by atoms with van der Waals surface area (Å²) in [6, 6.07) is 13.5. The van der Waals surface area contributed by atoms with Crippen LogP contribution in [0.25, 0.3) is 0 Å². The van der Waals surface area contributed by atoms with Crippen LogP contribution in [0.5, 0.6) is 0 Å². The number of hydrogen-bond acceptors (Lipinski definition) is 6. The van der Waals surface area contributed by atoms with Gasteiger partial charge in [0.1, 0.15) is 16.5 Å². The molecule has 2 atom stereocenters. The highest BCUT2D eigenvalue weighted by atomic mass is 35.5. The third-order valence-corrected chi connectivity index (χ3v) is 8.70. The molecule has 1 aromatic heterocycles. The maximum atomic E-state index is 13.6. The predicted octanol–water partition coefficient (Wildman–Crippen LogP) is 5.24.